The van der Waals surface area contributed by atoms with Crippen molar-refractivity contribution >= 4 is 23.9 Å². The summed E-state index contributed by atoms with van der Waals surface area (Å²) in [5.74, 6) is -1.80. The lowest BCUT2D eigenvalue weighted by atomic mass is 10.2. The second-order valence-electron chi connectivity index (χ2n) is 5.56. The van der Waals surface area contributed by atoms with E-state index in [0.29, 0.717) is 30.9 Å². The van der Waals surface area contributed by atoms with Crippen LogP contribution in [-0.4, -0.2) is 49.8 Å². The van der Waals surface area contributed by atoms with Crippen LogP contribution in [0.15, 0.2) is 29.4 Å². The Bertz CT molecular complexity index is 646. The Labute approximate surface area is 151 Å². The van der Waals surface area contributed by atoms with Gasteiger partial charge in [-0.15, -0.1) is 0 Å². The third kappa shape index (κ3) is 9.38. The van der Waals surface area contributed by atoms with Crippen LogP contribution in [0.25, 0.3) is 0 Å². The zero-order chi connectivity index (χ0) is 19.4. The van der Waals surface area contributed by atoms with Gasteiger partial charge in [0.05, 0.1) is 12.3 Å². The fourth-order valence-corrected chi connectivity index (χ4v) is 1.73. The van der Waals surface area contributed by atoms with E-state index in [2.05, 4.69) is 15.8 Å². The van der Waals surface area contributed by atoms with Gasteiger partial charge in [-0.05, 0) is 38.0 Å². The Morgan fingerprint density at radius 2 is 2.04 bits per heavy atom. The van der Waals surface area contributed by atoms with Crippen LogP contribution in [0, 0.1) is 0 Å². The van der Waals surface area contributed by atoms with Crippen LogP contribution in [-0.2, 0) is 19.1 Å². The fraction of sp³-hybridized carbons (Fsp3) is 0.412. The lowest BCUT2D eigenvalue weighted by Gasteiger charge is -2.07. The van der Waals surface area contributed by atoms with E-state index in [1.54, 1.807) is 24.3 Å². The van der Waals surface area contributed by atoms with Crippen molar-refractivity contribution < 1.29 is 23.9 Å². The van der Waals surface area contributed by atoms with Gasteiger partial charge in [-0.3, -0.25) is 14.4 Å². The van der Waals surface area contributed by atoms with E-state index < -0.39 is 17.7 Å². The number of benzene rings is 1. The molecule has 142 valence electrons. The van der Waals surface area contributed by atoms with Crippen LogP contribution in [0.5, 0.6) is 5.75 Å². The first-order valence-electron chi connectivity index (χ1n) is 8.12. The molecule has 0 saturated carbocycles. The van der Waals surface area contributed by atoms with E-state index in [1.807, 2.05) is 13.8 Å². The minimum absolute atomic E-state index is 0.128. The van der Waals surface area contributed by atoms with E-state index in [0.717, 1.165) is 0 Å². The molecule has 1 aromatic rings. The molecule has 1 aromatic carbocycles. The maximum atomic E-state index is 11.6. The van der Waals surface area contributed by atoms with Crippen molar-refractivity contribution in [3.63, 3.8) is 0 Å². The molecule has 0 unspecified atom stereocenters. The molecule has 9 nitrogen and oxygen atoms in total. The number of primary amides is 1. The molecular formula is C17H24N4O5. The molecule has 0 saturated heterocycles. The molecule has 4 N–H and O–H groups in total. The van der Waals surface area contributed by atoms with Crippen molar-refractivity contribution in [1.29, 1.82) is 0 Å². The number of carbonyl (C=O) groups excluding carboxylic acids is 3. The van der Waals surface area contributed by atoms with Gasteiger partial charge in [-0.1, -0.05) is 12.1 Å². The summed E-state index contributed by atoms with van der Waals surface area (Å²) in [7, 11) is 0. The highest BCUT2D eigenvalue weighted by molar-refractivity contribution is 6.35. The van der Waals surface area contributed by atoms with E-state index in [-0.39, 0.29) is 12.7 Å². The molecule has 0 aliphatic rings. The van der Waals surface area contributed by atoms with Crippen LogP contribution < -0.4 is 21.2 Å². The summed E-state index contributed by atoms with van der Waals surface area (Å²) >= 11 is 0. The fourth-order valence-electron chi connectivity index (χ4n) is 1.73. The Hall–Kier alpha value is -2.94. The number of amides is 3. The molecule has 9 heteroatoms. The Balaban J connectivity index is 2.35. The summed E-state index contributed by atoms with van der Waals surface area (Å²) in [5, 5.41) is 6.18. The van der Waals surface area contributed by atoms with E-state index >= 15 is 0 Å². The molecule has 26 heavy (non-hydrogen) atoms. The highest BCUT2D eigenvalue weighted by atomic mass is 16.5. The Morgan fingerprint density at radius 1 is 1.27 bits per heavy atom. The quantitative estimate of drug-likeness (QED) is 0.231. The van der Waals surface area contributed by atoms with E-state index in [4.69, 9.17) is 15.2 Å². The van der Waals surface area contributed by atoms with Gasteiger partial charge in [0.2, 0.25) is 0 Å². The minimum Gasteiger partial charge on any atom is -0.484 e. The highest BCUT2D eigenvalue weighted by Crippen LogP contribution is 2.11. The predicted molar refractivity (Wildman–Crippen MR) is 95.6 cm³/mol. The molecule has 3 amide bonds. The summed E-state index contributed by atoms with van der Waals surface area (Å²) in [6.45, 7) is 4.45. The van der Waals surface area contributed by atoms with Gasteiger partial charge in [0, 0.05) is 13.2 Å². The first-order chi connectivity index (χ1) is 12.4. The average molecular weight is 364 g/mol. The van der Waals surface area contributed by atoms with Crippen LogP contribution >= 0.6 is 0 Å². The number of carbonyl (C=O) groups is 3. The smallest absolute Gasteiger partial charge is 0.329 e. The van der Waals surface area contributed by atoms with Gasteiger partial charge in [-0.25, -0.2) is 5.43 Å². The zero-order valence-corrected chi connectivity index (χ0v) is 14.9. The summed E-state index contributed by atoms with van der Waals surface area (Å²) in [6, 6.07) is 6.65. The van der Waals surface area contributed by atoms with Gasteiger partial charge in [0.15, 0.2) is 6.61 Å². The molecule has 0 spiro atoms. The number of nitrogens with one attached hydrogen (secondary N) is 2. The van der Waals surface area contributed by atoms with Crippen molar-refractivity contribution in [2.24, 2.45) is 10.8 Å². The van der Waals surface area contributed by atoms with E-state index in [1.165, 1.54) is 6.21 Å². The van der Waals surface area contributed by atoms with Crippen LogP contribution in [0.1, 0.15) is 25.8 Å². The molecule has 0 fully saturated rings. The molecule has 0 radical (unpaired) electrons. The average Bonchev–Trinajstić information content (AvgIpc) is 2.59. The molecule has 0 aliphatic carbocycles. The van der Waals surface area contributed by atoms with E-state index in [9.17, 15) is 14.4 Å². The van der Waals surface area contributed by atoms with Crippen molar-refractivity contribution in [2.75, 3.05) is 19.8 Å². The topological polar surface area (TPSA) is 132 Å². The van der Waals surface area contributed by atoms with Gasteiger partial charge >= 0.3 is 11.8 Å². The Kier molecular flexibility index (Phi) is 9.40. The normalized spacial score (nSPS) is 10.7. The van der Waals surface area contributed by atoms with Crippen LogP contribution in [0.4, 0.5) is 0 Å². The standard InChI is InChI=1S/C17H24N4O5/c1-12(2)25-8-4-7-19-16(23)17(24)21-20-10-13-5-3-6-14(9-13)26-11-15(18)22/h3,5-6,9-10,12H,4,7-8,11H2,1-2H3,(H2,18,22)(H,19,23)(H,21,24)/b20-10-. The number of ether oxygens (including phenoxy) is 2. The number of hydrogen-bond acceptors (Lipinski definition) is 6. The number of nitrogens with two attached hydrogens (primary N) is 1. The van der Waals surface area contributed by atoms with Gasteiger partial charge < -0.3 is 20.5 Å². The molecule has 0 aliphatic heterocycles. The molecular weight excluding hydrogens is 340 g/mol. The second-order valence-corrected chi connectivity index (χ2v) is 5.56. The van der Waals surface area contributed by atoms with Crippen molar-refractivity contribution in [1.82, 2.24) is 10.7 Å². The molecule has 0 aromatic heterocycles. The van der Waals surface area contributed by atoms with Crippen molar-refractivity contribution in [3.8, 4) is 5.75 Å². The maximum Gasteiger partial charge on any atom is 0.329 e. The first kappa shape index (κ1) is 21.1. The molecule has 0 atom stereocenters. The monoisotopic (exact) mass is 364 g/mol. The third-order valence-electron chi connectivity index (χ3n) is 2.88. The molecule has 1 rings (SSSR count). The summed E-state index contributed by atoms with van der Waals surface area (Å²) in [4.78, 5) is 33.9. The molecule has 0 bridgehead atoms. The second kappa shape index (κ2) is 11.6. The van der Waals surface area contributed by atoms with Gasteiger partial charge in [0.1, 0.15) is 5.75 Å². The third-order valence-corrected chi connectivity index (χ3v) is 2.88. The van der Waals surface area contributed by atoms with Gasteiger partial charge in [0.25, 0.3) is 5.91 Å². The summed E-state index contributed by atoms with van der Waals surface area (Å²) in [5.41, 5.74) is 7.74. The van der Waals surface area contributed by atoms with Gasteiger partial charge in [-0.2, -0.15) is 5.10 Å². The first-order valence-corrected chi connectivity index (χ1v) is 8.12. The summed E-state index contributed by atoms with van der Waals surface area (Å²) in [6.07, 6.45) is 2.08. The Morgan fingerprint density at radius 3 is 2.73 bits per heavy atom. The van der Waals surface area contributed by atoms with Crippen LogP contribution in [0.2, 0.25) is 0 Å². The largest absolute Gasteiger partial charge is 0.484 e. The zero-order valence-electron chi connectivity index (χ0n) is 14.9. The maximum absolute atomic E-state index is 11.6. The van der Waals surface area contributed by atoms with Crippen molar-refractivity contribution in [3.05, 3.63) is 29.8 Å². The lowest BCUT2D eigenvalue weighted by Crippen LogP contribution is -2.38. The minimum atomic E-state index is -0.868. The number of hydrogen-bond donors (Lipinski definition) is 3. The number of nitrogens with zero attached hydrogens (tertiary/aromatic N) is 1. The SMILES string of the molecule is CC(C)OCCCNC(=O)C(=O)N/N=C\c1cccc(OCC(N)=O)c1. The number of rotatable bonds is 10. The highest BCUT2D eigenvalue weighted by Gasteiger charge is 2.11. The summed E-state index contributed by atoms with van der Waals surface area (Å²) < 4.78 is 10.5. The number of hydrazone groups is 1. The predicted octanol–water partition coefficient (Wildman–Crippen LogP) is -0.0679. The molecule has 0 heterocycles. The van der Waals surface area contributed by atoms with Crippen LogP contribution in [0.3, 0.4) is 0 Å². The van der Waals surface area contributed by atoms with Crippen molar-refractivity contribution in [2.45, 2.75) is 26.4 Å². The lowest BCUT2D eigenvalue weighted by molar-refractivity contribution is -0.139.